The zero-order valence-electron chi connectivity index (χ0n) is 7.99. The average molecular weight is 226 g/mol. The molecule has 0 saturated carbocycles. The van der Waals surface area contributed by atoms with Gasteiger partial charge in [0.15, 0.2) is 0 Å². The molecule has 78 valence electrons. The third kappa shape index (κ3) is 1.94. The predicted molar refractivity (Wildman–Crippen MR) is 55.0 cm³/mol. The van der Waals surface area contributed by atoms with Gasteiger partial charge >= 0.3 is 5.97 Å². The lowest BCUT2D eigenvalue weighted by atomic mass is 10.3. The van der Waals surface area contributed by atoms with Crippen molar-refractivity contribution < 1.29 is 13.9 Å². The highest BCUT2D eigenvalue weighted by Gasteiger charge is 2.13. The predicted octanol–water partition coefficient (Wildman–Crippen LogP) is 2.66. The lowest BCUT2D eigenvalue weighted by molar-refractivity contribution is 0.0492. The minimum absolute atomic E-state index is 0.163. The van der Waals surface area contributed by atoms with Crippen LogP contribution in [0.15, 0.2) is 22.7 Å². The van der Waals surface area contributed by atoms with Gasteiger partial charge in [-0.2, -0.15) is 0 Å². The Balaban J connectivity index is 2.42. The first kappa shape index (κ1) is 9.98. The minimum atomic E-state index is -0.482. The smallest absolute Gasteiger partial charge is 0.374 e. The summed E-state index contributed by atoms with van der Waals surface area (Å²) in [4.78, 5) is 15.2. The third-order valence-corrected chi connectivity index (χ3v) is 2.05. The summed E-state index contributed by atoms with van der Waals surface area (Å²) >= 11 is 5.68. The molecule has 0 fully saturated rings. The molecule has 0 aliphatic heterocycles. The van der Waals surface area contributed by atoms with Gasteiger partial charge in [0, 0.05) is 23.7 Å². The molecule has 0 unspecified atom stereocenters. The molecule has 0 bridgehead atoms. The lowest BCUT2D eigenvalue weighted by Gasteiger charge is -1.95. The normalized spacial score (nSPS) is 10.5. The number of halogens is 1. The monoisotopic (exact) mass is 225 g/mol. The molecule has 0 N–H and O–H groups in total. The SMILES string of the molecule is CCOC(=O)c1cc2cnc(Cl)cc2o1. The highest BCUT2D eigenvalue weighted by Crippen LogP contribution is 2.21. The van der Waals surface area contributed by atoms with E-state index >= 15 is 0 Å². The fourth-order valence-corrected chi connectivity index (χ4v) is 1.36. The van der Waals surface area contributed by atoms with E-state index in [1.165, 1.54) is 0 Å². The third-order valence-electron chi connectivity index (χ3n) is 1.84. The Hall–Kier alpha value is -1.55. The summed E-state index contributed by atoms with van der Waals surface area (Å²) in [6.07, 6.45) is 1.55. The Labute approximate surface area is 90.8 Å². The number of hydrogen-bond donors (Lipinski definition) is 0. The minimum Gasteiger partial charge on any atom is -0.460 e. The zero-order valence-corrected chi connectivity index (χ0v) is 8.75. The molecule has 4 nitrogen and oxygen atoms in total. The van der Waals surface area contributed by atoms with Gasteiger partial charge in [0.2, 0.25) is 5.76 Å². The van der Waals surface area contributed by atoms with Crippen LogP contribution in [0.1, 0.15) is 17.5 Å². The van der Waals surface area contributed by atoms with Crippen molar-refractivity contribution >= 4 is 28.5 Å². The van der Waals surface area contributed by atoms with Gasteiger partial charge in [0.25, 0.3) is 0 Å². The van der Waals surface area contributed by atoms with Crippen molar-refractivity contribution in [2.75, 3.05) is 6.61 Å². The number of ether oxygens (including phenoxy) is 1. The van der Waals surface area contributed by atoms with E-state index in [-0.39, 0.29) is 5.76 Å². The first-order valence-corrected chi connectivity index (χ1v) is 4.80. The van der Waals surface area contributed by atoms with Crippen molar-refractivity contribution in [3.63, 3.8) is 0 Å². The maximum atomic E-state index is 11.3. The molecule has 15 heavy (non-hydrogen) atoms. The average Bonchev–Trinajstić information content (AvgIpc) is 2.60. The quantitative estimate of drug-likeness (QED) is 0.582. The highest BCUT2D eigenvalue weighted by atomic mass is 35.5. The van der Waals surface area contributed by atoms with Crippen LogP contribution in [-0.4, -0.2) is 17.6 Å². The Morgan fingerprint density at radius 2 is 2.40 bits per heavy atom. The summed E-state index contributed by atoms with van der Waals surface area (Å²) in [5.74, 6) is -0.319. The van der Waals surface area contributed by atoms with Crippen molar-refractivity contribution in [2.24, 2.45) is 0 Å². The van der Waals surface area contributed by atoms with Gasteiger partial charge < -0.3 is 9.15 Å². The molecule has 0 amide bonds. The van der Waals surface area contributed by atoms with Gasteiger partial charge in [-0.15, -0.1) is 0 Å². The summed E-state index contributed by atoms with van der Waals surface area (Å²) in [5.41, 5.74) is 0.526. The van der Waals surface area contributed by atoms with Crippen LogP contribution in [0, 0.1) is 0 Å². The van der Waals surface area contributed by atoms with Gasteiger partial charge in [-0.05, 0) is 6.92 Å². The molecule has 2 aromatic rings. The number of rotatable bonds is 2. The summed E-state index contributed by atoms with van der Waals surface area (Å²) in [6, 6.07) is 3.14. The van der Waals surface area contributed by atoms with Crippen LogP contribution < -0.4 is 0 Å². The number of carbonyl (C=O) groups is 1. The van der Waals surface area contributed by atoms with E-state index in [0.717, 1.165) is 5.39 Å². The largest absolute Gasteiger partial charge is 0.460 e. The second-order valence-electron chi connectivity index (χ2n) is 2.88. The van der Waals surface area contributed by atoms with Gasteiger partial charge in [-0.1, -0.05) is 11.6 Å². The van der Waals surface area contributed by atoms with Crippen LogP contribution in [-0.2, 0) is 4.74 Å². The van der Waals surface area contributed by atoms with Crippen LogP contribution >= 0.6 is 11.6 Å². The summed E-state index contributed by atoms with van der Waals surface area (Å²) in [7, 11) is 0. The Morgan fingerprint density at radius 3 is 3.13 bits per heavy atom. The topological polar surface area (TPSA) is 52.3 Å². The van der Waals surface area contributed by atoms with Crippen LogP contribution in [0.5, 0.6) is 0 Å². The number of fused-ring (bicyclic) bond motifs is 1. The van der Waals surface area contributed by atoms with E-state index in [9.17, 15) is 4.79 Å². The summed E-state index contributed by atoms with van der Waals surface area (Å²) < 4.78 is 10.1. The van der Waals surface area contributed by atoms with E-state index in [2.05, 4.69) is 4.98 Å². The number of hydrogen-bond acceptors (Lipinski definition) is 4. The van der Waals surface area contributed by atoms with Crippen LogP contribution in [0.3, 0.4) is 0 Å². The molecule has 0 atom stereocenters. The van der Waals surface area contributed by atoms with Gasteiger partial charge in [0.05, 0.1) is 6.61 Å². The molecular weight excluding hydrogens is 218 g/mol. The summed E-state index contributed by atoms with van der Waals surface area (Å²) in [5, 5.41) is 1.05. The molecule has 0 saturated heterocycles. The van der Waals surface area contributed by atoms with E-state index in [4.69, 9.17) is 20.8 Å². The number of furan rings is 1. The molecule has 0 aromatic carbocycles. The first-order valence-electron chi connectivity index (χ1n) is 4.43. The van der Waals surface area contributed by atoms with E-state index in [0.29, 0.717) is 17.3 Å². The lowest BCUT2D eigenvalue weighted by Crippen LogP contribution is -2.02. The standard InChI is InChI=1S/C10H8ClNO3/c1-2-14-10(13)8-3-6-5-12-9(11)4-7(6)15-8/h3-5H,2H2,1H3. The molecule has 0 aliphatic rings. The number of nitrogens with zero attached hydrogens (tertiary/aromatic N) is 1. The van der Waals surface area contributed by atoms with Crippen LogP contribution in [0.4, 0.5) is 0 Å². The Morgan fingerprint density at radius 1 is 1.60 bits per heavy atom. The molecule has 0 spiro atoms. The van der Waals surface area contributed by atoms with Crippen molar-refractivity contribution in [2.45, 2.75) is 6.92 Å². The van der Waals surface area contributed by atoms with Gasteiger partial charge in [0.1, 0.15) is 10.7 Å². The molecule has 0 aliphatic carbocycles. The van der Waals surface area contributed by atoms with Crippen molar-refractivity contribution in [3.8, 4) is 0 Å². The van der Waals surface area contributed by atoms with Crippen LogP contribution in [0.25, 0.3) is 11.0 Å². The number of pyridine rings is 1. The maximum absolute atomic E-state index is 11.3. The maximum Gasteiger partial charge on any atom is 0.374 e. The van der Waals surface area contributed by atoms with Crippen LogP contribution in [0.2, 0.25) is 5.15 Å². The molecule has 2 aromatic heterocycles. The van der Waals surface area contributed by atoms with Crippen molar-refractivity contribution in [3.05, 3.63) is 29.2 Å². The molecule has 0 radical (unpaired) electrons. The molecule has 2 heterocycles. The molecule has 2 rings (SSSR count). The fourth-order valence-electron chi connectivity index (χ4n) is 1.21. The molecular formula is C10H8ClNO3. The van der Waals surface area contributed by atoms with Crippen molar-refractivity contribution in [1.82, 2.24) is 4.98 Å². The Kier molecular flexibility index (Phi) is 2.60. The highest BCUT2D eigenvalue weighted by molar-refractivity contribution is 6.29. The van der Waals surface area contributed by atoms with Gasteiger partial charge in [-0.25, -0.2) is 9.78 Å². The van der Waals surface area contributed by atoms with Gasteiger partial charge in [-0.3, -0.25) is 0 Å². The summed E-state index contributed by atoms with van der Waals surface area (Å²) in [6.45, 7) is 2.05. The van der Waals surface area contributed by atoms with E-state index in [1.54, 1.807) is 25.3 Å². The number of aromatic nitrogens is 1. The number of esters is 1. The van der Waals surface area contributed by atoms with Crippen molar-refractivity contribution in [1.29, 1.82) is 0 Å². The molecule has 5 heteroatoms. The zero-order chi connectivity index (χ0) is 10.8. The Bertz CT molecular complexity index is 506. The first-order chi connectivity index (χ1) is 7.20. The van der Waals surface area contributed by atoms with E-state index in [1.807, 2.05) is 0 Å². The second-order valence-corrected chi connectivity index (χ2v) is 3.26. The van der Waals surface area contributed by atoms with E-state index < -0.39 is 5.97 Å². The fraction of sp³-hybridized carbons (Fsp3) is 0.200. The number of carbonyl (C=O) groups excluding carboxylic acids is 1. The second kappa shape index (κ2) is 3.90.